The van der Waals surface area contributed by atoms with E-state index in [2.05, 4.69) is 15.9 Å². The van der Waals surface area contributed by atoms with Gasteiger partial charge in [0.25, 0.3) is 17.7 Å². The lowest BCUT2D eigenvalue weighted by Gasteiger charge is -2.06. The smallest absolute Gasteiger partial charge is 0.207 e. The fourth-order valence-electron chi connectivity index (χ4n) is 1.56. The first-order chi connectivity index (χ1) is 9.25. The molecule has 2 rings (SSSR count). The second-order valence-corrected chi connectivity index (χ2v) is 10.5. The lowest BCUT2D eigenvalue weighted by Crippen LogP contribution is -2.16. The van der Waals surface area contributed by atoms with Crippen LogP contribution in [0.5, 0.6) is 0 Å². The van der Waals surface area contributed by atoms with E-state index in [1.165, 1.54) is 36.4 Å². The van der Waals surface area contributed by atoms with Gasteiger partial charge in [-0.25, -0.2) is 16.8 Å². The minimum Gasteiger partial charge on any atom is -0.207 e. The van der Waals surface area contributed by atoms with Gasteiger partial charge in [0.05, 0.1) is 9.79 Å². The molecule has 0 N–H and O–H groups in total. The van der Waals surface area contributed by atoms with Crippen LogP contribution >= 0.6 is 15.9 Å². The van der Waals surface area contributed by atoms with Crippen LogP contribution in [0.25, 0.3) is 0 Å². The van der Waals surface area contributed by atoms with Crippen molar-refractivity contribution in [2.75, 3.05) is 0 Å². The predicted molar refractivity (Wildman–Crippen MR) is 79.7 cm³/mol. The second kappa shape index (κ2) is 5.31. The van der Waals surface area contributed by atoms with Crippen LogP contribution in [0.4, 0.5) is 0 Å². The molecule has 0 saturated carbocycles. The van der Waals surface area contributed by atoms with Gasteiger partial charge in [0.15, 0.2) is 0 Å². The molecule has 0 aliphatic carbocycles. The van der Waals surface area contributed by atoms with Gasteiger partial charge in [-0.15, -0.1) is 0 Å². The average molecular weight is 375 g/mol. The molecular weight excluding hydrogens is 364 g/mol. The molecular formula is C13H11BrO4S2. The largest absolute Gasteiger partial charge is 0.286 e. The van der Waals surface area contributed by atoms with Crippen molar-refractivity contribution in [3.05, 3.63) is 58.6 Å². The fourth-order valence-corrected chi connectivity index (χ4v) is 5.46. The predicted octanol–water partition coefficient (Wildman–Crippen LogP) is 2.92. The number of hydrogen-bond donors (Lipinski definition) is 0. The summed E-state index contributed by atoms with van der Waals surface area (Å²) in [5, 5.41) is 0. The highest BCUT2D eigenvalue weighted by molar-refractivity contribution is 9.10. The Hall–Kier alpha value is -1.18. The molecule has 0 amide bonds. The van der Waals surface area contributed by atoms with Gasteiger partial charge in [-0.05, 0) is 43.3 Å². The zero-order chi connectivity index (χ0) is 15.0. The molecule has 0 unspecified atom stereocenters. The van der Waals surface area contributed by atoms with E-state index in [0.29, 0.717) is 4.47 Å². The SMILES string of the molecule is Cc1ccc(S(=O)(=O)S(=O)(=O)c2ccc(Br)cc2)cc1. The van der Waals surface area contributed by atoms with Crippen LogP contribution in [-0.2, 0) is 17.7 Å². The third kappa shape index (κ3) is 2.65. The van der Waals surface area contributed by atoms with Crippen molar-refractivity contribution >= 4 is 33.7 Å². The van der Waals surface area contributed by atoms with Crippen LogP contribution < -0.4 is 0 Å². The summed E-state index contributed by atoms with van der Waals surface area (Å²) in [6, 6.07) is 11.2. The van der Waals surface area contributed by atoms with Crippen molar-refractivity contribution in [2.45, 2.75) is 16.7 Å². The maximum Gasteiger partial charge on any atom is 0.286 e. The third-order valence-electron chi connectivity index (χ3n) is 2.70. The Bertz CT molecular complexity index is 747. The Morgan fingerprint density at radius 2 is 1.05 bits per heavy atom. The molecule has 0 heterocycles. The van der Waals surface area contributed by atoms with E-state index in [9.17, 15) is 16.8 Å². The quantitative estimate of drug-likeness (QED) is 0.774. The molecule has 0 spiro atoms. The summed E-state index contributed by atoms with van der Waals surface area (Å²) < 4.78 is 49.7. The molecule has 0 saturated heterocycles. The van der Waals surface area contributed by atoms with Gasteiger partial charge in [-0.2, -0.15) is 0 Å². The summed E-state index contributed by atoms with van der Waals surface area (Å²) in [4.78, 5) is -0.479. The Morgan fingerprint density at radius 1 is 0.700 bits per heavy atom. The Balaban J connectivity index is 2.58. The molecule has 0 aromatic heterocycles. The summed E-state index contributed by atoms with van der Waals surface area (Å²) in [6.07, 6.45) is 0. The molecule has 0 bridgehead atoms. The average Bonchev–Trinajstić information content (AvgIpc) is 2.39. The van der Waals surface area contributed by atoms with Gasteiger partial charge in [0.1, 0.15) is 0 Å². The van der Waals surface area contributed by atoms with Gasteiger partial charge in [-0.3, -0.25) is 0 Å². The van der Waals surface area contributed by atoms with Crippen molar-refractivity contribution in [3.63, 3.8) is 0 Å². The van der Waals surface area contributed by atoms with Gasteiger partial charge >= 0.3 is 0 Å². The summed E-state index contributed by atoms with van der Waals surface area (Å²) in [6.45, 7) is 1.79. The summed E-state index contributed by atoms with van der Waals surface area (Å²) in [5.41, 5.74) is 0.852. The fraction of sp³-hybridized carbons (Fsp3) is 0.0769. The zero-order valence-corrected chi connectivity index (χ0v) is 13.7. The van der Waals surface area contributed by atoms with Gasteiger partial charge in [-0.1, -0.05) is 33.6 Å². The lowest BCUT2D eigenvalue weighted by atomic mass is 10.2. The van der Waals surface area contributed by atoms with E-state index in [1.54, 1.807) is 19.1 Å². The Kier molecular flexibility index (Phi) is 4.04. The molecule has 2 aromatic rings. The first-order valence-electron chi connectivity index (χ1n) is 5.57. The second-order valence-electron chi connectivity index (χ2n) is 4.18. The van der Waals surface area contributed by atoms with Crippen LogP contribution in [0.1, 0.15) is 5.56 Å². The normalized spacial score (nSPS) is 12.3. The maximum atomic E-state index is 12.3. The molecule has 0 fully saturated rings. The number of halogens is 1. The molecule has 0 aliphatic rings. The highest BCUT2D eigenvalue weighted by Gasteiger charge is 2.33. The molecule has 0 radical (unpaired) electrons. The third-order valence-corrected chi connectivity index (χ3v) is 8.39. The van der Waals surface area contributed by atoms with Crippen LogP contribution in [0.2, 0.25) is 0 Å². The molecule has 106 valence electrons. The minimum atomic E-state index is -4.47. The number of hydrogen-bond acceptors (Lipinski definition) is 4. The van der Waals surface area contributed by atoms with Crippen LogP contribution in [0, 0.1) is 6.92 Å². The molecule has 0 atom stereocenters. The van der Waals surface area contributed by atoms with Crippen molar-refractivity contribution in [3.8, 4) is 0 Å². The van der Waals surface area contributed by atoms with Gasteiger partial charge in [0.2, 0.25) is 0 Å². The highest BCUT2D eigenvalue weighted by atomic mass is 79.9. The molecule has 0 aliphatic heterocycles. The first-order valence-corrected chi connectivity index (χ1v) is 9.85. The Morgan fingerprint density at radius 3 is 1.45 bits per heavy atom. The van der Waals surface area contributed by atoms with E-state index in [1.807, 2.05) is 0 Å². The molecule has 4 nitrogen and oxygen atoms in total. The minimum absolute atomic E-state index is 0.231. The van der Waals surface area contributed by atoms with Crippen molar-refractivity contribution in [1.29, 1.82) is 0 Å². The van der Waals surface area contributed by atoms with E-state index in [0.717, 1.165) is 5.56 Å². The van der Waals surface area contributed by atoms with Crippen LogP contribution in [-0.4, -0.2) is 16.8 Å². The van der Waals surface area contributed by atoms with Crippen molar-refractivity contribution in [2.24, 2.45) is 0 Å². The van der Waals surface area contributed by atoms with E-state index >= 15 is 0 Å². The topological polar surface area (TPSA) is 68.3 Å². The lowest BCUT2D eigenvalue weighted by molar-refractivity contribution is 0.582. The van der Waals surface area contributed by atoms with Crippen LogP contribution in [0.15, 0.2) is 62.8 Å². The van der Waals surface area contributed by atoms with Crippen molar-refractivity contribution in [1.82, 2.24) is 0 Å². The Labute approximate surface area is 125 Å². The standard InChI is InChI=1S/C13H11BrO4S2/c1-10-2-6-12(7-3-10)19(15,16)20(17,18)13-8-4-11(14)5-9-13/h2-9H,1H3. The van der Waals surface area contributed by atoms with E-state index < -0.39 is 17.7 Å². The molecule has 7 heteroatoms. The number of aryl methyl sites for hydroxylation is 1. The molecule has 2 aromatic carbocycles. The summed E-state index contributed by atoms with van der Waals surface area (Å²) in [7, 11) is -8.93. The monoisotopic (exact) mass is 374 g/mol. The first kappa shape index (κ1) is 15.2. The number of benzene rings is 2. The highest BCUT2D eigenvalue weighted by Crippen LogP contribution is 2.25. The molecule has 20 heavy (non-hydrogen) atoms. The summed E-state index contributed by atoms with van der Waals surface area (Å²) >= 11 is 3.17. The van der Waals surface area contributed by atoms with Gasteiger partial charge in [0, 0.05) is 4.47 Å². The van der Waals surface area contributed by atoms with Crippen molar-refractivity contribution < 1.29 is 16.8 Å². The number of rotatable bonds is 3. The maximum absolute atomic E-state index is 12.3. The zero-order valence-electron chi connectivity index (χ0n) is 10.4. The van der Waals surface area contributed by atoms with E-state index in [4.69, 9.17) is 0 Å². The van der Waals surface area contributed by atoms with Crippen LogP contribution in [0.3, 0.4) is 0 Å². The van der Waals surface area contributed by atoms with E-state index in [-0.39, 0.29) is 9.79 Å². The summed E-state index contributed by atoms with van der Waals surface area (Å²) in [5.74, 6) is 0. The van der Waals surface area contributed by atoms with Gasteiger partial charge < -0.3 is 0 Å².